The third kappa shape index (κ3) is 13.0. The van der Waals surface area contributed by atoms with Gasteiger partial charge in [0.15, 0.2) is 6.10 Å². The molecule has 0 saturated heterocycles. The van der Waals surface area contributed by atoms with Crippen molar-refractivity contribution in [1.29, 1.82) is 0 Å². The van der Waals surface area contributed by atoms with Crippen LogP contribution in [0.1, 0.15) is 76.0 Å². The summed E-state index contributed by atoms with van der Waals surface area (Å²) < 4.78 is 25.1. The molecule has 0 aliphatic heterocycles. The van der Waals surface area contributed by atoms with Crippen molar-refractivity contribution in [1.82, 2.24) is 19.9 Å². The van der Waals surface area contributed by atoms with Gasteiger partial charge in [-0.05, 0) is 155 Å². The van der Waals surface area contributed by atoms with E-state index in [4.69, 9.17) is 52.1 Å². The third-order valence-electron chi connectivity index (χ3n) is 12.8. The minimum absolute atomic E-state index is 0.132. The molecular formula is C64H60Cl2N4O7S2. The molecule has 0 saturated carbocycles. The molecule has 0 unspecified atom stereocenters. The van der Waals surface area contributed by atoms with Gasteiger partial charge in [-0.15, -0.1) is 22.7 Å². The van der Waals surface area contributed by atoms with Crippen LogP contribution in [0.15, 0.2) is 146 Å². The Morgan fingerprint density at radius 1 is 0.544 bits per heavy atom. The van der Waals surface area contributed by atoms with Crippen LogP contribution < -0.4 is 9.47 Å². The van der Waals surface area contributed by atoms with E-state index in [-0.39, 0.29) is 6.61 Å². The number of carboxylic acids is 1. The number of rotatable bonds is 14. The Hall–Kier alpha value is -7.07. The lowest BCUT2D eigenvalue weighted by molar-refractivity contribution is -0.160. The van der Waals surface area contributed by atoms with Crippen LogP contribution in [0.25, 0.3) is 86.1 Å². The van der Waals surface area contributed by atoms with E-state index in [9.17, 15) is 15.0 Å². The molecule has 10 rings (SSSR count). The van der Waals surface area contributed by atoms with Crippen molar-refractivity contribution in [2.75, 3.05) is 20.8 Å². The molecule has 4 heterocycles. The van der Waals surface area contributed by atoms with Crippen LogP contribution in [0.5, 0.6) is 11.5 Å². The van der Waals surface area contributed by atoms with Crippen molar-refractivity contribution >= 4 is 72.3 Å². The van der Waals surface area contributed by atoms with Crippen LogP contribution in [-0.4, -0.2) is 68.1 Å². The molecule has 6 aromatic carbocycles. The van der Waals surface area contributed by atoms with Crippen LogP contribution >= 0.6 is 45.9 Å². The summed E-state index contributed by atoms with van der Waals surface area (Å²) in [6.45, 7) is 15.4. The quantitative estimate of drug-likeness (QED) is 0.107. The predicted octanol–water partition coefficient (Wildman–Crippen LogP) is 17.1. The number of ether oxygens (including phenoxy) is 4. The summed E-state index contributed by atoms with van der Waals surface area (Å²) >= 11 is 15.6. The molecule has 15 heteroatoms. The SMILES string of the molecule is COc1cncc(-c2cccc(-c3nc4cc(C)c([C@@H](CO)OC(C)(C)C)c(-c5ccc(Cl)cc5)c4s3)c2)c1.COc1cncc(-c2cccc(-c3nc4cc(C)c([C@H](OC(C)(C)C)C(=O)O)c(-c5ccc(Cl)cc5)c4s3)c2)c1. The van der Waals surface area contributed by atoms with Crippen molar-refractivity contribution < 1.29 is 34.0 Å². The van der Waals surface area contributed by atoms with Gasteiger partial charge in [-0.3, -0.25) is 9.97 Å². The van der Waals surface area contributed by atoms with Crippen LogP contribution in [0.2, 0.25) is 10.0 Å². The van der Waals surface area contributed by atoms with E-state index in [2.05, 4.69) is 47.2 Å². The fraction of sp³-hybridized carbons (Fsp3) is 0.234. The summed E-state index contributed by atoms with van der Waals surface area (Å²) in [6.07, 6.45) is 5.35. The number of aliphatic hydroxyl groups is 1. The number of pyridine rings is 2. The maximum atomic E-state index is 12.6. The number of hydrogen-bond donors (Lipinski definition) is 2. The maximum absolute atomic E-state index is 12.6. The lowest BCUT2D eigenvalue weighted by Crippen LogP contribution is -2.28. The number of methoxy groups -OCH3 is 2. The zero-order chi connectivity index (χ0) is 56.3. The number of benzene rings is 6. The fourth-order valence-corrected chi connectivity index (χ4v) is 12.0. The third-order valence-corrected chi connectivity index (χ3v) is 15.6. The Morgan fingerprint density at radius 2 is 0.962 bits per heavy atom. The van der Waals surface area contributed by atoms with E-state index in [1.54, 1.807) is 44.1 Å². The van der Waals surface area contributed by atoms with Crippen LogP contribution in [0, 0.1) is 13.8 Å². The predicted molar refractivity (Wildman–Crippen MR) is 322 cm³/mol. The molecule has 0 bridgehead atoms. The number of fused-ring (bicyclic) bond motifs is 2. The first-order valence-electron chi connectivity index (χ1n) is 25.5. The molecule has 0 aliphatic carbocycles. The van der Waals surface area contributed by atoms with E-state index in [0.717, 1.165) is 103 Å². The molecule has 4 aromatic heterocycles. The Morgan fingerprint density at radius 3 is 1.37 bits per heavy atom. The topological polar surface area (TPSA) is 146 Å². The van der Waals surface area contributed by atoms with E-state index in [1.807, 2.05) is 146 Å². The van der Waals surface area contributed by atoms with Gasteiger partial charge in [-0.1, -0.05) is 83.9 Å². The van der Waals surface area contributed by atoms with Crippen molar-refractivity contribution in [2.45, 2.75) is 78.8 Å². The first-order valence-corrected chi connectivity index (χ1v) is 27.9. The van der Waals surface area contributed by atoms with Gasteiger partial charge in [-0.25, -0.2) is 14.8 Å². The summed E-state index contributed by atoms with van der Waals surface area (Å²) in [5.74, 6) is 0.352. The first kappa shape index (κ1) is 56.6. The smallest absolute Gasteiger partial charge is 0.337 e. The molecule has 0 spiro atoms. The maximum Gasteiger partial charge on any atom is 0.337 e. The second-order valence-corrected chi connectivity index (χ2v) is 23.8. The molecule has 0 radical (unpaired) electrons. The van der Waals surface area contributed by atoms with E-state index >= 15 is 0 Å². The average Bonchev–Trinajstić information content (AvgIpc) is 4.32. The minimum Gasteiger partial charge on any atom is -0.495 e. The number of aromatic nitrogens is 4. The number of aliphatic carboxylic acids is 1. The zero-order valence-electron chi connectivity index (χ0n) is 45.5. The number of carbonyl (C=O) groups is 1. The van der Waals surface area contributed by atoms with Gasteiger partial charge >= 0.3 is 5.97 Å². The number of hydrogen-bond acceptors (Lipinski definition) is 12. The van der Waals surface area contributed by atoms with Crippen LogP contribution in [0.4, 0.5) is 0 Å². The molecule has 2 atom stereocenters. The molecule has 79 heavy (non-hydrogen) atoms. The van der Waals surface area contributed by atoms with Crippen LogP contribution in [0.3, 0.4) is 0 Å². The fourth-order valence-electron chi connectivity index (χ4n) is 9.47. The number of aliphatic hydroxyl groups excluding tert-OH is 1. The lowest BCUT2D eigenvalue weighted by Gasteiger charge is -2.29. The highest BCUT2D eigenvalue weighted by molar-refractivity contribution is 7.22. The monoisotopic (exact) mass is 1130 g/mol. The molecule has 0 aliphatic rings. The number of thiazole rings is 2. The number of nitrogens with zero attached hydrogens (tertiary/aromatic N) is 4. The van der Waals surface area contributed by atoms with Gasteiger partial charge in [0.25, 0.3) is 0 Å². The normalized spacial score (nSPS) is 12.5. The van der Waals surface area contributed by atoms with Gasteiger partial charge in [0.1, 0.15) is 27.6 Å². The van der Waals surface area contributed by atoms with Gasteiger partial charge in [0.05, 0.1) is 64.9 Å². The standard InChI is InChI=1S/C32H29ClN2O4S.C32H31ClN2O3S/c1-18-13-25-29(27(19-9-11-23(33)12-10-19)26(18)28(31(36)37)39-32(2,3)4)40-30(35-25)21-8-6-7-20(14-21)22-15-24(38-5)17-34-16-22;1-19-13-26-30(29(20-9-11-24(33)12-10-20)28(19)27(18-36)38-32(2,3)4)39-31(35-26)22-8-6-7-21(14-22)23-15-25(37-5)17-34-16-23/h6-17,28H,1-5H3,(H,36,37);6-17,27,36H,18H2,1-5H3/t28-;27-/m01/s1. The number of halogens is 2. The second kappa shape index (κ2) is 23.7. The summed E-state index contributed by atoms with van der Waals surface area (Å²) in [4.78, 5) is 31.2. The molecule has 2 N–H and O–H groups in total. The van der Waals surface area contributed by atoms with Crippen molar-refractivity contribution in [3.63, 3.8) is 0 Å². The van der Waals surface area contributed by atoms with Crippen molar-refractivity contribution in [3.05, 3.63) is 178 Å². The van der Waals surface area contributed by atoms with Gasteiger partial charge in [0.2, 0.25) is 0 Å². The number of carboxylic acid groups (broad SMARTS) is 1. The molecular weight excluding hydrogens is 1070 g/mol. The molecule has 404 valence electrons. The van der Waals surface area contributed by atoms with E-state index < -0.39 is 29.4 Å². The van der Waals surface area contributed by atoms with Gasteiger partial charge < -0.3 is 29.2 Å². The van der Waals surface area contributed by atoms with Gasteiger partial charge in [-0.2, -0.15) is 0 Å². The van der Waals surface area contributed by atoms with Crippen molar-refractivity contribution in [2.24, 2.45) is 0 Å². The minimum atomic E-state index is -1.16. The summed E-state index contributed by atoms with van der Waals surface area (Å²) in [7, 11) is 3.26. The highest BCUT2D eigenvalue weighted by Gasteiger charge is 2.33. The Kier molecular flexibility index (Phi) is 17.0. The Bertz CT molecular complexity index is 3830. The lowest BCUT2D eigenvalue weighted by atomic mass is 9.91. The second-order valence-electron chi connectivity index (χ2n) is 21.0. The summed E-state index contributed by atoms with van der Waals surface area (Å²) in [5, 5.41) is 23.7. The average molecular weight is 1130 g/mol. The molecule has 0 fully saturated rings. The van der Waals surface area contributed by atoms with E-state index in [1.165, 1.54) is 11.3 Å². The largest absolute Gasteiger partial charge is 0.495 e. The van der Waals surface area contributed by atoms with Crippen LogP contribution in [-0.2, 0) is 14.3 Å². The van der Waals surface area contributed by atoms with Gasteiger partial charge in [0, 0.05) is 61.4 Å². The number of aryl methyl sites for hydroxylation is 2. The summed E-state index contributed by atoms with van der Waals surface area (Å²) in [6, 6.07) is 39.6. The summed E-state index contributed by atoms with van der Waals surface area (Å²) in [5.41, 5.74) is 13.5. The highest BCUT2D eigenvalue weighted by Crippen LogP contribution is 2.47. The molecule has 11 nitrogen and oxygen atoms in total. The first-order chi connectivity index (χ1) is 37.7. The molecule has 0 amide bonds. The van der Waals surface area contributed by atoms with E-state index in [0.29, 0.717) is 27.1 Å². The highest BCUT2D eigenvalue weighted by atomic mass is 35.5. The molecule has 10 aromatic rings. The van der Waals surface area contributed by atoms with Crippen molar-refractivity contribution in [3.8, 4) is 77.1 Å². The Labute approximate surface area is 478 Å². The zero-order valence-corrected chi connectivity index (χ0v) is 48.7. The Balaban J connectivity index is 0.000000192.